The first kappa shape index (κ1) is 12.4. The van der Waals surface area contributed by atoms with E-state index in [2.05, 4.69) is 21.8 Å². The van der Waals surface area contributed by atoms with Gasteiger partial charge in [0.25, 0.3) is 0 Å². The van der Waals surface area contributed by atoms with Crippen molar-refractivity contribution in [1.82, 2.24) is 14.9 Å². The number of imidazole rings is 1. The maximum atomic E-state index is 13.4. The van der Waals surface area contributed by atoms with Gasteiger partial charge in [0.05, 0.1) is 12.0 Å². The molecule has 3 nitrogen and oxygen atoms in total. The number of hydrogen-bond donors (Lipinski definition) is 1. The number of benzene rings is 1. The van der Waals surface area contributed by atoms with Gasteiger partial charge >= 0.3 is 0 Å². The topological polar surface area (TPSA) is 31.9 Å². The molecule has 0 unspecified atom stereocenters. The van der Waals surface area contributed by atoms with Gasteiger partial charge in [0.15, 0.2) is 0 Å². The fraction of sp³-hybridized carbons (Fsp3) is 0.400. The van der Waals surface area contributed by atoms with Crippen molar-refractivity contribution in [1.29, 1.82) is 0 Å². The van der Waals surface area contributed by atoms with E-state index < -0.39 is 0 Å². The van der Waals surface area contributed by atoms with Crippen LogP contribution in [0.2, 0.25) is 0 Å². The van der Waals surface area contributed by atoms with Crippen molar-refractivity contribution in [2.24, 2.45) is 0 Å². The normalized spacial score (nSPS) is 19.4. The van der Waals surface area contributed by atoms with Crippen molar-refractivity contribution in [2.75, 3.05) is 6.54 Å². The molecular weight excluding hydrogens is 241 g/mol. The fourth-order valence-electron chi connectivity index (χ4n) is 2.79. The maximum Gasteiger partial charge on any atom is 0.123 e. The van der Waals surface area contributed by atoms with E-state index in [1.54, 1.807) is 18.5 Å². The predicted molar refractivity (Wildman–Crippen MR) is 72.3 cm³/mol. The lowest BCUT2D eigenvalue weighted by Gasteiger charge is -2.34. The molecule has 1 aliphatic heterocycles. The van der Waals surface area contributed by atoms with Gasteiger partial charge in [-0.25, -0.2) is 9.37 Å². The second-order valence-corrected chi connectivity index (χ2v) is 5.21. The minimum atomic E-state index is -0.150. The highest BCUT2D eigenvalue weighted by Crippen LogP contribution is 2.31. The SMILES string of the molecule is Cc1[nH]cnc1CN1CCc2ccc(F)cc2[C@@H]1C. The van der Waals surface area contributed by atoms with E-state index in [0.29, 0.717) is 0 Å². The predicted octanol–water partition coefficient (Wildman–Crippen LogP) is 2.98. The van der Waals surface area contributed by atoms with E-state index in [4.69, 9.17) is 0 Å². The molecular formula is C15H18FN3. The van der Waals surface area contributed by atoms with Crippen molar-refractivity contribution >= 4 is 0 Å². The number of aryl methyl sites for hydroxylation is 1. The molecule has 1 N–H and O–H groups in total. The van der Waals surface area contributed by atoms with Crippen LogP contribution in [-0.2, 0) is 13.0 Å². The highest BCUT2D eigenvalue weighted by atomic mass is 19.1. The molecule has 19 heavy (non-hydrogen) atoms. The Morgan fingerprint density at radius 1 is 1.47 bits per heavy atom. The smallest absolute Gasteiger partial charge is 0.123 e. The standard InChI is InChI=1S/C15H18FN3/c1-10-15(18-9-17-10)8-19-6-5-12-3-4-13(16)7-14(12)11(19)2/h3-4,7,9,11H,5-6,8H2,1-2H3,(H,17,18)/t11-/m0/s1. The Balaban J connectivity index is 1.85. The van der Waals surface area contributed by atoms with Gasteiger partial charge in [-0.1, -0.05) is 6.07 Å². The summed E-state index contributed by atoms with van der Waals surface area (Å²) in [4.78, 5) is 9.80. The maximum absolute atomic E-state index is 13.4. The van der Waals surface area contributed by atoms with E-state index in [1.165, 1.54) is 5.56 Å². The Hall–Kier alpha value is -1.68. The first-order valence-electron chi connectivity index (χ1n) is 6.66. The van der Waals surface area contributed by atoms with Crippen molar-refractivity contribution < 1.29 is 4.39 Å². The molecule has 0 radical (unpaired) electrons. The minimum absolute atomic E-state index is 0.150. The molecule has 0 fully saturated rings. The highest BCUT2D eigenvalue weighted by molar-refractivity contribution is 5.33. The van der Waals surface area contributed by atoms with Crippen molar-refractivity contribution in [2.45, 2.75) is 32.9 Å². The molecule has 1 aliphatic rings. The lowest BCUT2D eigenvalue weighted by atomic mass is 9.93. The Bertz CT molecular complexity index is 591. The van der Waals surface area contributed by atoms with Crippen LogP contribution < -0.4 is 0 Å². The van der Waals surface area contributed by atoms with Crippen LogP contribution in [0.25, 0.3) is 0 Å². The quantitative estimate of drug-likeness (QED) is 0.899. The zero-order valence-electron chi connectivity index (χ0n) is 11.3. The summed E-state index contributed by atoms with van der Waals surface area (Å²) >= 11 is 0. The summed E-state index contributed by atoms with van der Waals surface area (Å²) in [6.45, 7) is 5.97. The second-order valence-electron chi connectivity index (χ2n) is 5.21. The molecule has 0 aliphatic carbocycles. The van der Waals surface area contributed by atoms with E-state index in [9.17, 15) is 4.39 Å². The van der Waals surface area contributed by atoms with Gasteiger partial charge in [-0.2, -0.15) is 0 Å². The monoisotopic (exact) mass is 259 g/mol. The van der Waals surface area contributed by atoms with Crippen LogP contribution in [0.5, 0.6) is 0 Å². The van der Waals surface area contributed by atoms with Crippen molar-refractivity contribution in [3.05, 3.63) is 52.9 Å². The van der Waals surface area contributed by atoms with E-state index >= 15 is 0 Å². The van der Waals surface area contributed by atoms with E-state index in [-0.39, 0.29) is 11.9 Å². The molecule has 4 heteroatoms. The number of aromatic amines is 1. The Labute approximate surface area is 112 Å². The van der Waals surface area contributed by atoms with Gasteiger partial charge in [-0.3, -0.25) is 4.90 Å². The number of hydrogen-bond acceptors (Lipinski definition) is 2. The second kappa shape index (κ2) is 4.78. The molecule has 1 atom stereocenters. The molecule has 100 valence electrons. The average Bonchev–Trinajstić information content (AvgIpc) is 2.79. The number of H-pyrrole nitrogens is 1. The van der Waals surface area contributed by atoms with Crippen LogP contribution >= 0.6 is 0 Å². The summed E-state index contributed by atoms with van der Waals surface area (Å²) in [5.41, 5.74) is 4.56. The molecule has 1 aromatic carbocycles. The third-order valence-electron chi connectivity index (χ3n) is 4.06. The molecule has 3 rings (SSSR count). The Morgan fingerprint density at radius 2 is 2.32 bits per heavy atom. The molecule has 0 saturated heterocycles. The van der Waals surface area contributed by atoms with E-state index in [0.717, 1.165) is 36.5 Å². The average molecular weight is 259 g/mol. The minimum Gasteiger partial charge on any atom is -0.348 e. The Morgan fingerprint density at radius 3 is 3.05 bits per heavy atom. The summed E-state index contributed by atoms with van der Waals surface area (Å²) < 4.78 is 13.4. The van der Waals surface area contributed by atoms with Crippen LogP contribution in [0, 0.1) is 12.7 Å². The lowest BCUT2D eigenvalue weighted by Crippen LogP contribution is -2.33. The molecule has 0 amide bonds. The number of halogens is 1. The number of fused-ring (bicyclic) bond motifs is 1. The molecule has 0 bridgehead atoms. The summed E-state index contributed by atoms with van der Waals surface area (Å²) in [7, 11) is 0. The van der Waals surface area contributed by atoms with Gasteiger partial charge < -0.3 is 4.98 Å². The largest absolute Gasteiger partial charge is 0.348 e. The van der Waals surface area contributed by atoms with Crippen molar-refractivity contribution in [3.8, 4) is 0 Å². The molecule has 0 spiro atoms. The van der Waals surface area contributed by atoms with Crippen molar-refractivity contribution in [3.63, 3.8) is 0 Å². The van der Waals surface area contributed by atoms with Crippen LogP contribution in [0.1, 0.15) is 35.5 Å². The third-order valence-corrected chi connectivity index (χ3v) is 4.06. The first-order chi connectivity index (χ1) is 9.15. The number of nitrogens with zero attached hydrogens (tertiary/aromatic N) is 2. The summed E-state index contributed by atoms with van der Waals surface area (Å²) in [6, 6.07) is 5.37. The lowest BCUT2D eigenvalue weighted by molar-refractivity contribution is 0.187. The van der Waals surface area contributed by atoms with Gasteiger partial charge in [-0.05, 0) is 43.5 Å². The zero-order chi connectivity index (χ0) is 13.4. The van der Waals surface area contributed by atoms with Gasteiger partial charge in [0.2, 0.25) is 0 Å². The van der Waals surface area contributed by atoms with E-state index in [1.807, 2.05) is 13.0 Å². The summed E-state index contributed by atoms with van der Waals surface area (Å²) in [6.07, 6.45) is 2.70. The van der Waals surface area contributed by atoms with Crippen LogP contribution in [0.15, 0.2) is 24.5 Å². The number of nitrogens with one attached hydrogen (secondary N) is 1. The molecule has 2 heterocycles. The Kier molecular flexibility index (Phi) is 3.11. The third kappa shape index (κ3) is 2.28. The zero-order valence-corrected chi connectivity index (χ0v) is 11.3. The van der Waals surface area contributed by atoms with Gasteiger partial charge in [-0.15, -0.1) is 0 Å². The fourth-order valence-corrected chi connectivity index (χ4v) is 2.79. The molecule has 1 aromatic heterocycles. The van der Waals surface area contributed by atoms with Crippen LogP contribution in [0.3, 0.4) is 0 Å². The van der Waals surface area contributed by atoms with Gasteiger partial charge in [0, 0.05) is 24.8 Å². The summed E-state index contributed by atoms with van der Waals surface area (Å²) in [5, 5.41) is 0. The van der Waals surface area contributed by atoms with Crippen LogP contribution in [0.4, 0.5) is 4.39 Å². The number of rotatable bonds is 2. The number of aromatic nitrogens is 2. The van der Waals surface area contributed by atoms with Gasteiger partial charge in [0.1, 0.15) is 5.82 Å². The highest BCUT2D eigenvalue weighted by Gasteiger charge is 2.24. The molecule has 2 aromatic rings. The first-order valence-corrected chi connectivity index (χ1v) is 6.66. The molecule has 0 saturated carbocycles. The summed E-state index contributed by atoms with van der Waals surface area (Å²) in [5.74, 6) is -0.150. The van der Waals surface area contributed by atoms with Crippen LogP contribution in [-0.4, -0.2) is 21.4 Å².